The van der Waals surface area contributed by atoms with Crippen LogP contribution in [0.5, 0.6) is 5.75 Å². The zero-order chi connectivity index (χ0) is 15.4. The molecule has 1 saturated heterocycles. The SMILES string of the molecule is Fc1ccc([C@@]23C[C@@H](c4ccccc4O2)N2CCSC2=N3)cc1. The third-order valence-corrected chi connectivity index (χ3v) is 5.75. The van der Waals surface area contributed by atoms with E-state index in [1.807, 2.05) is 12.1 Å². The normalized spacial score (nSPS) is 27.8. The molecule has 3 aliphatic rings. The van der Waals surface area contributed by atoms with Crippen LogP contribution in [-0.2, 0) is 5.72 Å². The summed E-state index contributed by atoms with van der Waals surface area (Å²) in [6.07, 6.45) is 0.764. The molecule has 0 spiro atoms. The molecular weight excluding hydrogens is 311 g/mol. The number of halogens is 1. The van der Waals surface area contributed by atoms with E-state index in [0.717, 1.165) is 35.2 Å². The lowest BCUT2D eigenvalue weighted by Gasteiger charge is -2.47. The minimum absolute atomic E-state index is 0.238. The Morgan fingerprint density at radius 2 is 2.00 bits per heavy atom. The summed E-state index contributed by atoms with van der Waals surface area (Å²) in [4.78, 5) is 7.34. The van der Waals surface area contributed by atoms with Crippen molar-refractivity contribution in [2.24, 2.45) is 4.99 Å². The number of amidine groups is 1. The summed E-state index contributed by atoms with van der Waals surface area (Å²) in [7, 11) is 0. The fourth-order valence-electron chi connectivity index (χ4n) is 3.70. The molecule has 0 radical (unpaired) electrons. The zero-order valence-corrected chi connectivity index (χ0v) is 13.2. The number of rotatable bonds is 1. The summed E-state index contributed by atoms with van der Waals surface area (Å²) in [6.45, 7) is 1.02. The summed E-state index contributed by atoms with van der Waals surface area (Å²) in [5.41, 5.74) is 1.40. The molecule has 5 heteroatoms. The number of nitrogens with zero attached hydrogens (tertiary/aromatic N) is 2. The topological polar surface area (TPSA) is 24.8 Å². The average molecular weight is 326 g/mol. The van der Waals surface area contributed by atoms with Crippen LogP contribution in [0.4, 0.5) is 4.39 Å². The molecule has 3 heterocycles. The van der Waals surface area contributed by atoms with Gasteiger partial charge in [-0.2, -0.15) is 0 Å². The number of para-hydroxylation sites is 1. The van der Waals surface area contributed by atoms with Crippen molar-refractivity contribution in [2.45, 2.75) is 18.2 Å². The molecule has 2 atom stereocenters. The monoisotopic (exact) mass is 326 g/mol. The maximum absolute atomic E-state index is 13.3. The predicted molar refractivity (Wildman–Crippen MR) is 89.1 cm³/mol. The van der Waals surface area contributed by atoms with Crippen LogP contribution in [0.2, 0.25) is 0 Å². The highest BCUT2D eigenvalue weighted by Crippen LogP contribution is 2.52. The summed E-state index contributed by atoms with van der Waals surface area (Å²) < 4.78 is 19.7. The highest BCUT2D eigenvalue weighted by molar-refractivity contribution is 8.14. The second kappa shape index (κ2) is 4.74. The maximum Gasteiger partial charge on any atom is 0.231 e. The number of hydrogen-bond donors (Lipinski definition) is 0. The summed E-state index contributed by atoms with van der Waals surface area (Å²) in [5, 5.41) is 1.04. The average Bonchev–Trinajstić information content (AvgIpc) is 3.03. The van der Waals surface area contributed by atoms with Gasteiger partial charge in [-0.15, -0.1) is 0 Å². The molecule has 0 N–H and O–H groups in total. The van der Waals surface area contributed by atoms with Crippen LogP contribution in [-0.4, -0.2) is 22.4 Å². The molecule has 2 bridgehead atoms. The minimum Gasteiger partial charge on any atom is -0.461 e. The molecule has 1 fully saturated rings. The lowest BCUT2D eigenvalue weighted by Crippen LogP contribution is -2.48. The van der Waals surface area contributed by atoms with Crippen molar-refractivity contribution in [3.05, 3.63) is 65.5 Å². The third-order valence-electron chi connectivity index (χ3n) is 4.78. The van der Waals surface area contributed by atoms with Crippen LogP contribution < -0.4 is 4.74 Å². The molecule has 116 valence electrons. The molecule has 3 nitrogen and oxygen atoms in total. The first kappa shape index (κ1) is 13.4. The van der Waals surface area contributed by atoms with Gasteiger partial charge < -0.3 is 9.64 Å². The van der Waals surface area contributed by atoms with Gasteiger partial charge in [-0.3, -0.25) is 0 Å². The molecule has 23 heavy (non-hydrogen) atoms. The lowest BCUT2D eigenvalue weighted by molar-refractivity contribution is 0.00723. The van der Waals surface area contributed by atoms with E-state index in [4.69, 9.17) is 9.73 Å². The van der Waals surface area contributed by atoms with Gasteiger partial charge in [0.2, 0.25) is 5.72 Å². The molecular formula is C18H15FN2OS. The van der Waals surface area contributed by atoms with Crippen LogP contribution in [0.25, 0.3) is 0 Å². The first-order valence-corrected chi connectivity index (χ1v) is 8.77. The van der Waals surface area contributed by atoms with E-state index >= 15 is 0 Å². The van der Waals surface area contributed by atoms with E-state index in [-0.39, 0.29) is 11.9 Å². The lowest BCUT2D eigenvalue weighted by atomic mass is 9.86. The second-order valence-corrected chi connectivity index (χ2v) is 7.15. The number of hydrogen-bond acceptors (Lipinski definition) is 4. The van der Waals surface area contributed by atoms with Gasteiger partial charge in [0.1, 0.15) is 11.6 Å². The Morgan fingerprint density at radius 1 is 1.17 bits per heavy atom. The summed E-state index contributed by atoms with van der Waals surface area (Å²) in [5.74, 6) is 1.70. The van der Waals surface area contributed by atoms with Crippen LogP contribution in [0, 0.1) is 5.82 Å². The quantitative estimate of drug-likeness (QED) is 0.794. The van der Waals surface area contributed by atoms with Crippen molar-refractivity contribution in [3.8, 4) is 5.75 Å². The van der Waals surface area contributed by atoms with Gasteiger partial charge in [-0.1, -0.05) is 42.1 Å². The maximum atomic E-state index is 13.3. The molecule has 0 aromatic heterocycles. The van der Waals surface area contributed by atoms with E-state index in [1.54, 1.807) is 23.9 Å². The smallest absolute Gasteiger partial charge is 0.231 e. The summed E-state index contributed by atoms with van der Waals surface area (Å²) >= 11 is 1.78. The molecule has 3 aliphatic heterocycles. The highest BCUT2D eigenvalue weighted by Gasteiger charge is 2.50. The second-order valence-electron chi connectivity index (χ2n) is 6.09. The van der Waals surface area contributed by atoms with Gasteiger partial charge >= 0.3 is 0 Å². The third kappa shape index (κ3) is 1.92. The van der Waals surface area contributed by atoms with Crippen LogP contribution in [0.3, 0.4) is 0 Å². The Balaban J connectivity index is 1.71. The number of benzene rings is 2. The van der Waals surface area contributed by atoms with Gasteiger partial charge in [0.05, 0.1) is 6.04 Å². The van der Waals surface area contributed by atoms with Crippen molar-refractivity contribution >= 4 is 16.9 Å². The highest BCUT2D eigenvalue weighted by atomic mass is 32.2. The number of aliphatic imine (C=N–C) groups is 1. The summed E-state index contributed by atoms with van der Waals surface area (Å²) in [6, 6.07) is 15.0. The van der Waals surface area contributed by atoms with Crippen molar-refractivity contribution in [1.82, 2.24) is 4.90 Å². The fraction of sp³-hybridized carbons (Fsp3) is 0.278. The fourth-order valence-corrected chi connectivity index (χ4v) is 4.76. The molecule has 0 amide bonds. The molecule has 2 aromatic carbocycles. The van der Waals surface area contributed by atoms with Crippen molar-refractivity contribution in [1.29, 1.82) is 0 Å². The van der Waals surface area contributed by atoms with Gasteiger partial charge in [0.15, 0.2) is 5.17 Å². The van der Waals surface area contributed by atoms with Gasteiger partial charge in [-0.05, 0) is 18.2 Å². The predicted octanol–water partition coefficient (Wildman–Crippen LogP) is 3.92. The first-order valence-electron chi connectivity index (χ1n) is 7.78. The van der Waals surface area contributed by atoms with Crippen molar-refractivity contribution < 1.29 is 9.13 Å². The van der Waals surface area contributed by atoms with Crippen molar-refractivity contribution in [3.63, 3.8) is 0 Å². The number of thioether (sulfide) groups is 1. The van der Waals surface area contributed by atoms with Crippen LogP contribution >= 0.6 is 11.8 Å². The van der Waals surface area contributed by atoms with Gasteiger partial charge in [-0.25, -0.2) is 9.38 Å². The van der Waals surface area contributed by atoms with E-state index in [0.29, 0.717) is 0 Å². The molecule has 2 aromatic rings. The number of fused-ring (bicyclic) bond motifs is 6. The Morgan fingerprint density at radius 3 is 2.87 bits per heavy atom. The Labute approximate surface area is 138 Å². The van der Waals surface area contributed by atoms with Crippen LogP contribution in [0.1, 0.15) is 23.6 Å². The number of ether oxygens (including phenoxy) is 1. The minimum atomic E-state index is -0.740. The van der Waals surface area contributed by atoms with Gasteiger partial charge in [0.25, 0.3) is 0 Å². The van der Waals surface area contributed by atoms with Gasteiger partial charge in [0, 0.05) is 29.8 Å². The first-order chi connectivity index (χ1) is 11.3. The van der Waals surface area contributed by atoms with E-state index in [1.165, 1.54) is 17.7 Å². The Bertz CT molecular complexity index is 807. The molecule has 5 rings (SSSR count). The standard InChI is InChI=1S/C18H15FN2OS/c19-13-7-5-12(6-8-13)18-11-15(21-9-10-23-17(21)20-18)14-3-1-2-4-16(14)22-18/h1-8,15H,9-11H2/t15-,18+/m0/s1. The van der Waals surface area contributed by atoms with E-state index in [2.05, 4.69) is 17.0 Å². The molecule has 0 saturated carbocycles. The van der Waals surface area contributed by atoms with E-state index < -0.39 is 5.72 Å². The van der Waals surface area contributed by atoms with E-state index in [9.17, 15) is 4.39 Å². The molecule has 0 unspecified atom stereocenters. The molecule has 0 aliphatic carbocycles. The Kier molecular flexibility index (Phi) is 2.77. The largest absolute Gasteiger partial charge is 0.461 e. The zero-order valence-electron chi connectivity index (χ0n) is 12.4. The van der Waals surface area contributed by atoms with Crippen LogP contribution in [0.15, 0.2) is 53.5 Å². The Hall–Kier alpha value is -2.01. The van der Waals surface area contributed by atoms with Crippen molar-refractivity contribution in [2.75, 3.05) is 12.3 Å².